The summed E-state index contributed by atoms with van der Waals surface area (Å²) in [5.41, 5.74) is 2.57. The van der Waals surface area contributed by atoms with Gasteiger partial charge in [0.05, 0.1) is 5.69 Å². The Morgan fingerprint density at radius 2 is 1.78 bits per heavy atom. The van der Waals surface area contributed by atoms with Crippen LogP contribution in [0.3, 0.4) is 0 Å². The van der Waals surface area contributed by atoms with Crippen LogP contribution in [0, 0.1) is 12.7 Å². The smallest absolute Gasteiger partial charge is 0.255 e. The molecule has 136 valence electrons. The highest BCUT2D eigenvalue weighted by Gasteiger charge is 2.42. The second kappa shape index (κ2) is 6.96. The highest BCUT2D eigenvalue weighted by molar-refractivity contribution is 7.08. The molecule has 6 heteroatoms. The zero-order valence-electron chi connectivity index (χ0n) is 14.6. The number of amides is 2. The molecule has 2 amide bonds. The van der Waals surface area contributed by atoms with E-state index in [1.807, 2.05) is 48.0 Å². The van der Waals surface area contributed by atoms with E-state index in [2.05, 4.69) is 0 Å². The number of hydrogen-bond acceptors (Lipinski definition) is 3. The monoisotopic (exact) mass is 380 g/mol. The van der Waals surface area contributed by atoms with E-state index in [-0.39, 0.29) is 24.0 Å². The van der Waals surface area contributed by atoms with Crippen LogP contribution in [0.15, 0.2) is 65.4 Å². The van der Waals surface area contributed by atoms with Gasteiger partial charge in [0.15, 0.2) is 0 Å². The van der Waals surface area contributed by atoms with Gasteiger partial charge in [0.2, 0.25) is 5.91 Å². The number of nitrogens with zero attached hydrogens (tertiary/aromatic N) is 2. The van der Waals surface area contributed by atoms with E-state index in [0.717, 1.165) is 11.1 Å². The molecule has 0 bridgehead atoms. The molecule has 0 radical (unpaired) electrons. The van der Waals surface area contributed by atoms with Gasteiger partial charge in [-0.1, -0.05) is 29.8 Å². The van der Waals surface area contributed by atoms with E-state index in [1.165, 1.54) is 33.3 Å². The average molecular weight is 380 g/mol. The molecule has 0 unspecified atom stereocenters. The molecule has 0 N–H and O–H groups in total. The maximum absolute atomic E-state index is 14.3. The first-order chi connectivity index (χ1) is 13.1. The van der Waals surface area contributed by atoms with Crippen LogP contribution in [-0.2, 0) is 9.59 Å². The van der Waals surface area contributed by atoms with Crippen molar-refractivity contribution in [3.63, 3.8) is 0 Å². The van der Waals surface area contributed by atoms with E-state index in [1.54, 1.807) is 12.1 Å². The van der Waals surface area contributed by atoms with Crippen molar-refractivity contribution in [1.82, 2.24) is 0 Å². The number of carbonyl (C=O) groups excluding carboxylic acids is 2. The predicted octanol–water partition coefficient (Wildman–Crippen LogP) is 4.32. The first-order valence-electron chi connectivity index (χ1n) is 8.53. The third-order valence-corrected chi connectivity index (χ3v) is 5.34. The number of rotatable bonds is 3. The summed E-state index contributed by atoms with van der Waals surface area (Å²) < 4.78 is 14.3. The van der Waals surface area contributed by atoms with Gasteiger partial charge in [-0.25, -0.2) is 4.39 Å². The molecule has 27 heavy (non-hydrogen) atoms. The fraction of sp³-hybridized carbons (Fsp3) is 0.143. The van der Waals surface area contributed by atoms with Crippen molar-refractivity contribution >= 4 is 34.5 Å². The van der Waals surface area contributed by atoms with Gasteiger partial charge < -0.3 is 0 Å². The first-order valence-corrected chi connectivity index (χ1v) is 9.47. The van der Waals surface area contributed by atoms with Crippen molar-refractivity contribution in [2.24, 2.45) is 0 Å². The number of halogens is 1. The minimum absolute atomic E-state index is 0.125. The second-order valence-electron chi connectivity index (χ2n) is 6.43. The number of anilines is 2. The summed E-state index contributed by atoms with van der Waals surface area (Å²) in [5, 5.41) is 3.71. The van der Waals surface area contributed by atoms with Crippen molar-refractivity contribution in [3.05, 3.63) is 82.3 Å². The maximum atomic E-state index is 14.3. The topological polar surface area (TPSA) is 40.6 Å². The molecule has 1 atom stereocenters. The number of carbonyl (C=O) groups is 2. The van der Waals surface area contributed by atoms with Crippen LogP contribution >= 0.6 is 11.3 Å². The summed E-state index contributed by atoms with van der Waals surface area (Å²) in [5.74, 6) is -1.09. The van der Waals surface area contributed by atoms with Crippen LogP contribution in [0.25, 0.3) is 0 Å². The van der Waals surface area contributed by atoms with E-state index in [9.17, 15) is 14.0 Å². The van der Waals surface area contributed by atoms with Crippen LogP contribution in [0.4, 0.5) is 15.8 Å². The molecular weight excluding hydrogens is 363 g/mol. The number of thiophene rings is 1. The van der Waals surface area contributed by atoms with Crippen LogP contribution in [-0.4, -0.2) is 18.4 Å². The predicted molar refractivity (Wildman–Crippen MR) is 104 cm³/mol. The summed E-state index contributed by atoms with van der Waals surface area (Å²) in [7, 11) is 0. The third kappa shape index (κ3) is 3.13. The van der Waals surface area contributed by atoms with Crippen molar-refractivity contribution in [2.45, 2.75) is 13.0 Å². The standard InChI is InChI=1S/C21H17FN2O2S/c1-14-6-8-16(9-7-14)24-19(25)12-23(18-5-3-2-4-17(18)22)21(26)20(24)15-10-11-27-13-15/h2-11,13,20H,12H2,1H3/t20-/m1/s1. The highest BCUT2D eigenvalue weighted by atomic mass is 32.1. The van der Waals surface area contributed by atoms with Gasteiger partial charge in [0.25, 0.3) is 5.91 Å². The van der Waals surface area contributed by atoms with Gasteiger partial charge >= 0.3 is 0 Å². The number of benzene rings is 2. The second-order valence-corrected chi connectivity index (χ2v) is 7.21. The normalized spacial score (nSPS) is 17.5. The number of hydrogen-bond donors (Lipinski definition) is 0. The molecule has 4 rings (SSSR count). The van der Waals surface area contributed by atoms with Gasteiger partial charge in [-0.2, -0.15) is 11.3 Å². The molecule has 1 aliphatic rings. The van der Waals surface area contributed by atoms with Crippen LogP contribution in [0.1, 0.15) is 17.2 Å². The minimum Gasteiger partial charge on any atom is -0.298 e. The lowest BCUT2D eigenvalue weighted by molar-refractivity contribution is -0.128. The Morgan fingerprint density at radius 3 is 2.44 bits per heavy atom. The fourth-order valence-corrected chi connectivity index (χ4v) is 3.97. The molecule has 0 saturated carbocycles. The van der Waals surface area contributed by atoms with Gasteiger partial charge in [0.1, 0.15) is 18.4 Å². The lowest BCUT2D eigenvalue weighted by Gasteiger charge is -2.40. The Hall–Kier alpha value is -2.99. The van der Waals surface area contributed by atoms with Gasteiger partial charge in [-0.3, -0.25) is 19.4 Å². The molecule has 0 aliphatic carbocycles. The Balaban J connectivity index is 1.80. The van der Waals surface area contributed by atoms with Gasteiger partial charge in [-0.05, 0) is 53.6 Å². The molecule has 1 fully saturated rings. The Morgan fingerprint density at radius 1 is 1.04 bits per heavy atom. The zero-order chi connectivity index (χ0) is 19.0. The first kappa shape index (κ1) is 17.4. The van der Waals surface area contributed by atoms with Gasteiger partial charge in [0, 0.05) is 5.69 Å². The summed E-state index contributed by atoms with van der Waals surface area (Å²) in [6.07, 6.45) is 0. The Labute approximate surface area is 160 Å². The summed E-state index contributed by atoms with van der Waals surface area (Å²) in [6, 6.07) is 14.5. The lowest BCUT2D eigenvalue weighted by atomic mass is 10.0. The van der Waals surface area contributed by atoms with E-state index in [0.29, 0.717) is 5.69 Å². The molecule has 2 heterocycles. The van der Waals surface area contributed by atoms with Crippen LogP contribution in [0.5, 0.6) is 0 Å². The zero-order valence-corrected chi connectivity index (χ0v) is 15.4. The molecule has 4 nitrogen and oxygen atoms in total. The molecule has 3 aromatic rings. The largest absolute Gasteiger partial charge is 0.298 e. The SMILES string of the molecule is Cc1ccc(N2C(=O)CN(c3ccccc3F)C(=O)[C@H]2c2ccsc2)cc1. The van der Waals surface area contributed by atoms with Crippen molar-refractivity contribution in [1.29, 1.82) is 0 Å². The molecule has 1 saturated heterocycles. The minimum atomic E-state index is -0.820. The molecule has 2 aromatic carbocycles. The van der Waals surface area contributed by atoms with E-state index < -0.39 is 11.9 Å². The fourth-order valence-electron chi connectivity index (χ4n) is 3.29. The summed E-state index contributed by atoms with van der Waals surface area (Å²) in [4.78, 5) is 29.1. The summed E-state index contributed by atoms with van der Waals surface area (Å²) in [6.45, 7) is 1.76. The Bertz CT molecular complexity index is 986. The Kier molecular flexibility index (Phi) is 4.49. The number of para-hydroxylation sites is 1. The van der Waals surface area contributed by atoms with Crippen molar-refractivity contribution in [3.8, 4) is 0 Å². The van der Waals surface area contributed by atoms with Crippen molar-refractivity contribution < 1.29 is 14.0 Å². The quantitative estimate of drug-likeness (QED) is 0.679. The van der Waals surface area contributed by atoms with E-state index in [4.69, 9.17) is 0 Å². The number of piperazine rings is 1. The average Bonchev–Trinajstić information content (AvgIpc) is 3.19. The van der Waals surface area contributed by atoms with Gasteiger partial charge in [-0.15, -0.1) is 0 Å². The summed E-state index contributed by atoms with van der Waals surface area (Å²) >= 11 is 1.45. The number of aryl methyl sites for hydroxylation is 1. The molecule has 0 spiro atoms. The van der Waals surface area contributed by atoms with Crippen LogP contribution < -0.4 is 9.80 Å². The van der Waals surface area contributed by atoms with E-state index >= 15 is 0 Å². The third-order valence-electron chi connectivity index (χ3n) is 4.63. The molecule has 1 aliphatic heterocycles. The maximum Gasteiger partial charge on any atom is 0.255 e. The lowest BCUT2D eigenvalue weighted by Crippen LogP contribution is -2.56. The molecule has 1 aromatic heterocycles. The van der Waals surface area contributed by atoms with Crippen molar-refractivity contribution in [2.75, 3.05) is 16.3 Å². The molecular formula is C21H17FN2O2S. The highest BCUT2D eigenvalue weighted by Crippen LogP contribution is 2.36. The van der Waals surface area contributed by atoms with Crippen LogP contribution in [0.2, 0.25) is 0 Å².